The molecule has 0 spiro atoms. The zero-order valence-electron chi connectivity index (χ0n) is 14.3. The van der Waals surface area contributed by atoms with Crippen LogP contribution in [0.25, 0.3) is 11.1 Å². The van der Waals surface area contributed by atoms with E-state index in [1.807, 2.05) is 65.8 Å². The van der Waals surface area contributed by atoms with Crippen LogP contribution in [0.4, 0.5) is 0 Å². The van der Waals surface area contributed by atoms with E-state index < -0.39 is 11.6 Å². The molecular formula is C20H24O2. The van der Waals surface area contributed by atoms with Gasteiger partial charge in [-0.2, -0.15) is 0 Å². The topological polar surface area (TPSA) is 34.1 Å². The quantitative estimate of drug-likeness (QED) is 0.610. The molecule has 0 aliphatic heterocycles. The third-order valence-electron chi connectivity index (χ3n) is 3.34. The summed E-state index contributed by atoms with van der Waals surface area (Å²) >= 11 is 0. The van der Waals surface area contributed by atoms with Crippen LogP contribution in [0.3, 0.4) is 0 Å². The summed E-state index contributed by atoms with van der Waals surface area (Å²) in [6, 6.07) is 11.3. The molecule has 0 amide bonds. The summed E-state index contributed by atoms with van der Waals surface area (Å²) in [5.41, 5.74) is 4.75. The maximum absolute atomic E-state index is 12.1. The van der Waals surface area contributed by atoms with Crippen LogP contribution in [0.1, 0.15) is 59.5 Å². The first kappa shape index (κ1) is 17.8. The highest BCUT2D eigenvalue weighted by molar-refractivity contribution is 6.53. The van der Waals surface area contributed by atoms with Gasteiger partial charge in [-0.3, -0.25) is 9.59 Å². The van der Waals surface area contributed by atoms with Crippen LogP contribution in [-0.4, -0.2) is 11.6 Å². The van der Waals surface area contributed by atoms with Crippen LogP contribution >= 0.6 is 0 Å². The molecule has 1 aliphatic carbocycles. The summed E-state index contributed by atoms with van der Waals surface area (Å²) in [6.45, 7) is 11.8. The van der Waals surface area contributed by atoms with Crippen LogP contribution in [0.15, 0.2) is 36.4 Å². The number of hydrogen-bond donors (Lipinski definition) is 0. The Morgan fingerprint density at radius 3 is 1.18 bits per heavy atom. The lowest BCUT2D eigenvalue weighted by atomic mass is 9.82. The van der Waals surface area contributed by atoms with Crippen LogP contribution < -0.4 is 0 Å². The van der Waals surface area contributed by atoms with Gasteiger partial charge < -0.3 is 0 Å². The van der Waals surface area contributed by atoms with Crippen molar-refractivity contribution in [2.45, 2.75) is 41.5 Å². The Kier molecular flexibility index (Phi) is 6.24. The van der Waals surface area contributed by atoms with Crippen molar-refractivity contribution in [1.82, 2.24) is 0 Å². The Labute approximate surface area is 133 Å². The molecule has 0 aromatic heterocycles. The van der Waals surface area contributed by atoms with Crippen molar-refractivity contribution in [3.05, 3.63) is 58.7 Å². The van der Waals surface area contributed by atoms with E-state index >= 15 is 0 Å². The van der Waals surface area contributed by atoms with Crippen LogP contribution in [-0.2, 0) is 0 Å². The van der Waals surface area contributed by atoms with Gasteiger partial charge in [0.1, 0.15) is 0 Å². The van der Waals surface area contributed by atoms with Crippen molar-refractivity contribution in [1.29, 1.82) is 0 Å². The molecule has 0 heterocycles. The van der Waals surface area contributed by atoms with Gasteiger partial charge >= 0.3 is 0 Å². The standard InChI is InChI=1S/C16H12O2.2C2H6/c1-9-3-5-11-12-6-4-10(2)8-14(12)16(18)15(17)13(11)7-9;2*1-2/h3-8H,1-2H3;2*1-2H3. The van der Waals surface area contributed by atoms with Crippen molar-refractivity contribution in [3.8, 4) is 11.1 Å². The maximum Gasteiger partial charge on any atom is 0.234 e. The number of carbonyl (C=O) groups is 2. The summed E-state index contributed by atoms with van der Waals surface area (Å²) in [5.74, 6) is -0.793. The van der Waals surface area contributed by atoms with Crippen molar-refractivity contribution in [2.24, 2.45) is 0 Å². The normalized spacial score (nSPS) is 11.4. The minimum absolute atomic E-state index is 0.396. The monoisotopic (exact) mass is 296 g/mol. The highest BCUT2D eigenvalue weighted by Crippen LogP contribution is 2.34. The van der Waals surface area contributed by atoms with Gasteiger partial charge in [-0.1, -0.05) is 63.1 Å². The second kappa shape index (κ2) is 7.69. The molecule has 0 bridgehead atoms. The van der Waals surface area contributed by atoms with Crippen LogP contribution in [0.5, 0.6) is 0 Å². The van der Waals surface area contributed by atoms with Crippen molar-refractivity contribution in [3.63, 3.8) is 0 Å². The van der Waals surface area contributed by atoms with E-state index in [-0.39, 0.29) is 0 Å². The number of aryl methyl sites for hydroxylation is 2. The minimum atomic E-state index is -0.396. The molecule has 0 saturated carbocycles. The molecule has 22 heavy (non-hydrogen) atoms. The molecule has 3 rings (SSSR count). The number of Topliss-reactive ketones (excluding diaryl/α,β-unsaturated/α-hetero) is 2. The summed E-state index contributed by atoms with van der Waals surface area (Å²) in [5, 5.41) is 0. The lowest BCUT2D eigenvalue weighted by Gasteiger charge is -2.18. The van der Waals surface area contributed by atoms with Crippen molar-refractivity contribution in [2.75, 3.05) is 0 Å². The summed E-state index contributed by atoms with van der Waals surface area (Å²) in [6.07, 6.45) is 0. The molecule has 2 aromatic rings. The summed E-state index contributed by atoms with van der Waals surface area (Å²) in [4.78, 5) is 24.2. The Morgan fingerprint density at radius 2 is 0.864 bits per heavy atom. The SMILES string of the molecule is CC.CC.Cc1ccc2c(c1)C(=O)C(=O)c1cc(C)ccc1-2. The van der Waals surface area contributed by atoms with E-state index in [4.69, 9.17) is 0 Å². The number of benzene rings is 2. The van der Waals surface area contributed by atoms with Gasteiger partial charge in [0.2, 0.25) is 11.6 Å². The molecule has 0 atom stereocenters. The molecule has 1 aliphatic rings. The molecule has 116 valence electrons. The Morgan fingerprint density at radius 1 is 0.545 bits per heavy atom. The molecule has 2 heteroatoms. The Bertz CT molecular complexity index is 635. The average molecular weight is 296 g/mol. The van der Waals surface area contributed by atoms with E-state index in [9.17, 15) is 9.59 Å². The summed E-state index contributed by atoms with van der Waals surface area (Å²) in [7, 11) is 0. The predicted octanol–water partition coefficient (Wildman–Crippen LogP) is 5.40. The molecule has 0 unspecified atom stereocenters. The number of rotatable bonds is 0. The Hall–Kier alpha value is -2.22. The first-order valence-corrected chi connectivity index (χ1v) is 7.88. The third-order valence-corrected chi connectivity index (χ3v) is 3.34. The number of fused-ring (bicyclic) bond motifs is 3. The number of hydrogen-bond acceptors (Lipinski definition) is 2. The zero-order chi connectivity index (χ0) is 16.9. The van der Waals surface area contributed by atoms with Crippen molar-refractivity contribution < 1.29 is 9.59 Å². The highest BCUT2D eigenvalue weighted by atomic mass is 16.2. The smallest absolute Gasteiger partial charge is 0.234 e. The lowest BCUT2D eigenvalue weighted by molar-refractivity contribution is 0.0815. The number of ketones is 2. The fourth-order valence-electron chi connectivity index (χ4n) is 2.41. The van der Waals surface area contributed by atoms with Gasteiger partial charge in [-0.05, 0) is 37.1 Å². The van der Waals surface area contributed by atoms with Crippen LogP contribution in [0.2, 0.25) is 0 Å². The summed E-state index contributed by atoms with van der Waals surface area (Å²) < 4.78 is 0. The fraction of sp³-hybridized carbons (Fsp3) is 0.300. The van der Waals surface area contributed by atoms with Gasteiger partial charge in [-0.25, -0.2) is 0 Å². The minimum Gasteiger partial charge on any atom is -0.285 e. The van der Waals surface area contributed by atoms with E-state index in [2.05, 4.69) is 0 Å². The predicted molar refractivity (Wildman–Crippen MR) is 92.7 cm³/mol. The average Bonchev–Trinajstić information content (AvgIpc) is 2.56. The van der Waals surface area contributed by atoms with E-state index in [0.29, 0.717) is 11.1 Å². The molecule has 0 radical (unpaired) electrons. The second-order valence-corrected chi connectivity index (χ2v) is 4.76. The van der Waals surface area contributed by atoms with Crippen LogP contribution in [0, 0.1) is 13.8 Å². The molecule has 0 fully saturated rings. The fourth-order valence-corrected chi connectivity index (χ4v) is 2.41. The third kappa shape index (κ3) is 3.16. The molecular weight excluding hydrogens is 272 g/mol. The van der Waals surface area contributed by atoms with Crippen molar-refractivity contribution >= 4 is 11.6 Å². The molecule has 0 N–H and O–H groups in total. The Balaban J connectivity index is 0.000000561. The second-order valence-electron chi connectivity index (χ2n) is 4.76. The highest BCUT2D eigenvalue weighted by Gasteiger charge is 2.30. The van der Waals surface area contributed by atoms with E-state index in [1.165, 1.54) is 0 Å². The van der Waals surface area contributed by atoms with E-state index in [0.717, 1.165) is 22.3 Å². The first-order chi connectivity index (χ1) is 10.6. The number of carbonyl (C=O) groups excluding carboxylic acids is 2. The zero-order valence-corrected chi connectivity index (χ0v) is 14.3. The van der Waals surface area contributed by atoms with Gasteiger partial charge in [-0.15, -0.1) is 0 Å². The van der Waals surface area contributed by atoms with Gasteiger partial charge in [0.15, 0.2) is 0 Å². The lowest BCUT2D eigenvalue weighted by Crippen LogP contribution is -2.21. The van der Waals surface area contributed by atoms with E-state index in [1.54, 1.807) is 12.1 Å². The van der Waals surface area contributed by atoms with Gasteiger partial charge in [0, 0.05) is 11.1 Å². The van der Waals surface area contributed by atoms with Gasteiger partial charge in [0.05, 0.1) is 0 Å². The largest absolute Gasteiger partial charge is 0.285 e. The molecule has 2 nitrogen and oxygen atoms in total. The maximum atomic E-state index is 12.1. The first-order valence-electron chi connectivity index (χ1n) is 7.88. The molecule has 0 saturated heterocycles. The molecule has 2 aromatic carbocycles. The van der Waals surface area contributed by atoms with Gasteiger partial charge in [0.25, 0.3) is 0 Å².